The molecule has 0 bridgehead atoms. The highest BCUT2D eigenvalue weighted by molar-refractivity contribution is 5.87. The predicted octanol–water partition coefficient (Wildman–Crippen LogP) is 3.12. The van der Waals surface area contributed by atoms with Crippen LogP contribution in [0.3, 0.4) is 0 Å². The number of carbonyl (C=O) groups is 1. The van der Waals surface area contributed by atoms with Crippen molar-refractivity contribution in [2.45, 2.75) is 32.3 Å². The fraction of sp³-hybridized carbons (Fsp3) is 0.368. The highest BCUT2D eigenvalue weighted by Gasteiger charge is 2.29. The lowest BCUT2D eigenvalue weighted by Crippen LogP contribution is -2.43. The van der Waals surface area contributed by atoms with E-state index in [4.69, 9.17) is 11.3 Å². The van der Waals surface area contributed by atoms with Crippen LogP contribution in [-0.4, -0.2) is 35.6 Å². The molecule has 2 aromatic rings. The molecule has 1 amide bonds. The van der Waals surface area contributed by atoms with E-state index in [1.807, 2.05) is 45.0 Å². The summed E-state index contributed by atoms with van der Waals surface area (Å²) in [6.07, 6.45) is 3.02. The summed E-state index contributed by atoms with van der Waals surface area (Å²) in [4.78, 5) is 24.1. The van der Waals surface area contributed by atoms with E-state index in [0.717, 1.165) is 11.1 Å². The van der Waals surface area contributed by atoms with E-state index in [0.29, 0.717) is 12.2 Å². The van der Waals surface area contributed by atoms with Crippen LogP contribution in [0.25, 0.3) is 16.1 Å². The molecule has 1 atom stereocenters. The monoisotopic (exact) mass is 338 g/mol. The molecule has 25 heavy (non-hydrogen) atoms. The van der Waals surface area contributed by atoms with Crippen LogP contribution < -0.4 is 5.32 Å². The van der Waals surface area contributed by atoms with Crippen LogP contribution in [0, 0.1) is 6.57 Å². The van der Waals surface area contributed by atoms with Crippen molar-refractivity contribution in [1.29, 1.82) is 0 Å². The van der Waals surface area contributed by atoms with E-state index < -0.39 is 5.41 Å². The molecule has 0 aliphatic carbocycles. The fourth-order valence-corrected chi connectivity index (χ4v) is 2.28. The van der Waals surface area contributed by atoms with Crippen molar-refractivity contribution in [2.24, 2.45) is 0 Å². The Balaban J connectivity index is 2.17. The lowest BCUT2D eigenvalue weighted by molar-refractivity contribution is -0.126. The van der Waals surface area contributed by atoms with Crippen LogP contribution in [0.1, 0.15) is 26.3 Å². The standard InChI is InChI=1S/C19H22N4O2/c1-13(25-5)10-22-18(24)19(2,3)15-8-6-14(7-9-15)16-11-21-12-17(20-4)23-16/h6-9,11-13H,10H2,1-3,5H3,(H,22,24). The van der Waals surface area contributed by atoms with E-state index in [1.165, 1.54) is 6.20 Å². The van der Waals surface area contributed by atoms with Crippen LogP contribution in [-0.2, 0) is 14.9 Å². The van der Waals surface area contributed by atoms with E-state index in [-0.39, 0.29) is 17.8 Å². The number of rotatable bonds is 6. The van der Waals surface area contributed by atoms with Gasteiger partial charge in [0.25, 0.3) is 5.82 Å². The zero-order valence-electron chi connectivity index (χ0n) is 14.9. The Kier molecular flexibility index (Phi) is 5.84. The summed E-state index contributed by atoms with van der Waals surface area (Å²) in [6, 6.07) is 7.58. The number of amides is 1. The van der Waals surface area contributed by atoms with Crippen LogP contribution in [0.4, 0.5) is 5.82 Å². The van der Waals surface area contributed by atoms with Gasteiger partial charge in [0.15, 0.2) is 5.69 Å². The highest BCUT2D eigenvalue weighted by atomic mass is 16.5. The Morgan fingerprint density at radius 2 is 2.00 bits per heavy atom. The topological polar surface area (TPSA) is 68.5 Å². The molecule has 0 saturated carbocycles. The van der Waals surface area contributed by atoms with E-state index >= 15 is 0 Å². The summed E-state index contributed by atoms with van der Waals surface area (Å²) in [5, 5.41) is 2.91. The molecule has 1 N–H and O–H groups in total. The van der Waals surface area contributed by atoms with Gasteiger partial charge in [0.1, 0.15) is 0 Å². The number of aromatic nitrogens is 2. The molecule has 1 aromatic heterocycles. The third kappa shape index (κ3) is 4.40. The molecule has 0 saturated heterocycles. The van der Waals surface area contributed by atoms with Gasteiger partial charge in [0.2, 0.25) is 5.91 Å². The van der Waals surface area contributed by atoms with Gasteiger partial charge in [-0.2, -0.15) is 0 Å². The summed E-state index contributed by atoms with van der Waals surface area (Å²) < 4.78 is 5.15. The molecule has 0 fully saturated rings. The third-order valence-corrected chi connectivity index (χ3v) is 4.16. The minimum Gasteiger partial charge on any atom is -0.380 e. The van der Waals surface area contributed by atoms with Gasteiger partial charge in [-0.3, -0.25) is 9.78 Å². The van der Waals surface area contributed by atoms with Crippen molar-refractivity contribution < 1.29 is 9.53 Å². The number of methoxy groups -OCH3 is 1. The Labute approximate surface area is 148 Å². The van der Waals surface area contributed by atoms with Crippen molar-refractivity contribution in [1.82, 2.24) is 15.3 Å². The SMILES string of the molecule is [C-]#[N+]c1cncc(-c2ccc(C(C)(C)C(=O)NCC(C)OC)cc2)n1. The van der Waals surface area contributed by atoms with Gasteiger partial charge < -0.3 is 14.9 Å². The second-order valence-corrected chi connectivity index (χ2v) is 6.33. The van der Waals surface area contributed by atoms with Crippen molar-refractivity contribution in [3.63, 3.8) is 0 Å². The molecular weight excluding hydrogens is 316 g/mol. The maximum Gasteiger partial charge on any atom is 0.288 e. The van der Waals surface area contributed by atoms with Crippen LogP contribution >= 0.6 is 0 Å². The van der Waals surface area contributed by atoms with Crippen LogP contribution in [0.5, 0.6) is 0 Å². The Hall–Kier alpha value is -2.78. The van der Waals surface area contributed by atoms with Crippen molar-refractivity contribution >= 4 is 11.7 Å². The number of hydrogen-bond donors (Lipinski definition) is 1. The van der Waals surface area contributed by atoms with E-state index in [1.54, 1.807) is 13.3 Å². The van der Waals surface area contributed by atoms with Gasteiger partial charge in [-0.1, -0.05) is 30.8 Å². The Morgan fingerprint density at radius 1 is 1.32 bits per heavy atom. The number of hydrogen-bond acceptors (Lipinski definition) is 4. The zero-order chi connectivity index (χ0) is 18.4. The van der Waals surface area contributed by atoms with Gasteiger partial charge in [-0.05, 0) is 26.3 Å². The number of nitrogens with zero attached hydrogens (tertiary/aromatic N) is 3. The molecule has 1 unspecified atom stereocenters. The summed E-state index contributed by atoms with van der Waals surface area (Å²) >= 11 is 0. The summed E-state index contributed by atoms with van der Waals surface area (Å²) in [7, 11) is 1.62. The normalized spacial score (nSPS) is 12.3. The number of benzene rings is 1. The smallest absolute Gasteiger partial charge is 0.288 e. The first-order valence-electron chi connectivity index (χ1n) is 8.00. The third-order valence-electron chi connectivity index (χ3n) is 4.16. The number of nitrogens with one attached hydrogen (secondary N) is 1. The van der Waals surface area contributed by atoms with Crippen molar-refractivity contribution in [3.05, 3.63) is 53.6 Å². The number of ether oxygens (including phenoxy) is 1. The van der Waals surface area contributed by atoms with Crippen molar-refractivity contribution in [2.75, 3.05) is 13.7 Å². The highest BCUT2D eigenvalue weighted by Crippen LogP contribution is 2.26. The summed E-state index contributed by atoms with van der Waals surface area (Å²) in [6.45, 7) is 13.2. The molecule has 6 nitrogen and oxygen atoms in total. The molecule has 6 heteroatoms. The minimum atomic E-state index is -0.671. The molecule has 130 valence electrons. The van der Waals surface area contributed by atoms with E-state index in [2.05, 4.69) is 20.1 Å². The molecule has 0 aliphatic rings. The Bertz CT molecular complexity index is 779. The fourth-order valence-electron chi connectivity index (χ4n) is 2.28. The molecule has 0 aliphatic heterocycles. The summed E-state index contributed by atoms with van der Waals surface area (Å²) in [5.41, 5.74) is 1.71. The molecule has 0 radical (unpaired) electrons. The molecule has 1 heterocycles. The average molecular weight is 338 g/mol. The summed E-state index contributed by atoms with van der Waals surface area (Å²) in [5.74, 6) is 0.201. The first kappa shape index (κ1) is 18.6. The first-order chi connectivity index (χ1) is 11.9. The molecule has 0 spiro atoms. The van der Waals surface area contributed by atoms with Gasteiger partial charge in [-0.25, -0.2) is 0 Å². The lowest BCUT2D eigenvalue weighted by Gasteiger charge is -2.25. The lowest BCUT2D eigenvalue weighted by atomic mass is 9.83. The zero-order valence-corrected chi connectivity index (χ0v) is 14.9. The van der Waals surface area contributed by atoms with Gasteiger partial charge in [0.05, 0.1) is 23.9 Å². The molecule has 1 aromatic carbocycles. The quantitative estimate of drug-likeness (QED) is 0.822. The van der Waals surface area contributed by atoms with Gasteiger partial charge in [-0.15, -0.1) is 4.98 Å². The van der Waals surface area contributed by atoms with Gasteiger partial charge >= 0.3 is 0 Å². The second kappa shape index (κ2) is 7.86. The maximum atomic E-state index is 12.5. The molecule has 2 rings (SSSR count). The maximum absolute atomic E-state index is 12.5. The van der Waals surface area contributed by atoms with E-state index in [9.17, 15) is 4.79 Å². The minimum absolute atomic E-state index is 0.0320. The first-order valence-corrected chi connectivity index (χ1v) is 8.00. The number of carbonyl (C=O) groups excluding carboxylic acids is 1. The largest absolute Gasteiger partial charge is 0.380 e. The molecular formula is C19H22N4O2. The van der Waals surface area contributed by atoms with Gasteiger partial charge in [0, 0.05) is 19.2 Å². The van der Waals surface area contributed by atoms with Crippen LogP contribution in [0.2, 0.25) is 0 Å². The second-order valence-electron chi connectivity index (χ2n) is 6.33. The van der Waals surface area contributed by atoms with Crippen LogP contribution in [0.15, 0.2) is 36.7 Å². The Morgan fingerprint density at radius 3 is 2.60 bits per heavy atom. The van der Waals surface area contributed by atoms with Crippen molar-refractivity contribution in [3.8, 4) is 11.3 Å². The average Bonchev–Trinajstić information content (AvgIpc) is 2.65. The predicted molar refractivity (Wildman–Crippen MR) is 96.2 cm³/mol.